The van der Waals surface area contributed by atoms with Crippen molar-refractivity contribution in [3.63, 3.8) is 0 Å². The maximum absolute atomic E-state index is 13.6. The predicted octanol–water partition coefficient (Wildman–Crippen LogP) is 2.23. The lowest BCUT2D eigenvalue weighted by atomic mass is 9.57. The van der Waals surface area contributed by atoms with Crippen molar-refractivity contribution in [2.75, 3.05) is 19.6 Å². The second kappa shape index (κ2) is 8.27. The standard InChI is InChI=1S/C26H28N4O4/c27-25(28)29-14-26(15-29)12-19(13-26)23(32)30-10-9-17-3-1-2-4-20(17)22(30)21(31)11-16-5-7-18(8-6-16)24(33)34/h1-8,19,22H,9-15H2,(H3,27,28)(H,33,34)/t22-/m0/s1. The van der Waals surface area contributed by atoms with Crippen LogP contribution >= 0.6 is 0 Å². The number of ketones is 1. The Morgan fingerprint density at radius 2 is 1.74 bits per heavy atom. The van der Waals surface area contributed by atoms with Crippen LogP contribution in [0.1, 0.15) is 45.9 Å². The van der Waals surface area contributed by atoms with E-state index in [1.807, 2.05) is 29.2 Å². The summed E-state index contributed by atoms with van der Waals surface area (Å²) < 4.78 is 0. The molecule has 8 heteroatoms. The van der Waals surface area contributed by atoms with Crippen LogP contribution in [0.15, 0.2) is 48.5 Å². The summed E-state index contributed by atoms with van der Waals surface area (Å²) in [5.74, 6) is -1.07. The second-order valence-electron chi connectivity index (χ2n) is 9.87. The Hall–Kier alpha value is -3.68. The quantitative estimate of drug-likeness (QED) is 0.464. The number of hydrogen-bond acceptors (Lipinski definition) is 4. The number of nitrogens with zero attached hydrogens (tertiary/aromatic N) is 2. The number of nitrogens with two attached hydrogens (primary N) is 1. The van der Waals surface area contributed by atoms with Crippen LogP contribution in [0.3, 0.4) is 0 Å². The van der Waals surface area contributed by atoms with Gasteiger partial charge in [-0.3, -0.25) is 15.0 Å². The van der Waals surface area contributed by atoms with E-state index in [0.29, 0.717) is 6.54 Å². The van der Waals surface area contributed by atoms with Crippen LogP contribution < -0.4 is 5.73 Å². The van der Waals surface area contributed by atoms with Crippen molar-refractivity contribution >= 4 is 23.6 Å². The van der Waals surface area contributed by atoms with Crippen LogP contribution in [-0.2, 0) is 22.4 Å². The number of amides is 1. The normalized spacial score (nSPS) is 20.8. The van der Waals surface area contributed by atoms with Gasteiger partial charge in [0.15, 0.2) is 11.7 Å². The van der Waals surface area contributed by atoms with Crippen LogP contribution in [0.4, 0.5) is 0 Å². The highest BCUT2D eigenvalue weighted by molar-refractivity contribution is 5.93. The highest BCUT2D eigenvalue weighted by atomic mass is 16.4. The third kappa shape index (κ3) is 3.83. The lowest BCUT2D eigenvalue weighted by Gasteiger charge is -2.59. The number of hydrogen-bond donors (Lipinski definition) is 3. The van der Waals surface area contributed by atoms with E-state index in [4.69, 9.17) is 16.2 Å². The summed E-state index contributed by atoms with van der Waals surface area (Å²) in [5, 5.41) is 16.7. The average molecular weight is 461 g/mol. The highest BCUT2D eigenvalue weighted by Gasteiger charge is 2.56. The highest BCUT2D eigenvalue weighted by Crippen LogP contribution is 2.53. The van der Waals surface area contributed by atoms with Gasteiger partial charge in [-0.15, -0.1) is 0 Å². The van der Waals surface area contributed by atoms with Crippen LogP contribution in [0.25, 0.3) is 0 Å². The van der Waals surface area contributed by atoms with Crippen molar-refractivity contribution in [3.05, 3.63) is 70.8 Å². The molecule has 1 aliphatic carbocycles. The molecular weight excluding hydrogens is 432 g/mol. The first kappa shape index (κ1) is 22.1. The number of carboxylic acid groups (broad SMARTS) is 1. The van der Waals surface area contributed by atoms with Crippen molar-refractivity contribution in [1.82, 2.24) is 9.80 Å². The smallest absolute Gasteiger partial charge is 0.335 e. The minimum Gasteiger partial charge on any atom is -0.478 e. The molecule has 2 aromatic rings. The maximum Gasteiger partial charge on any atom is 0.335 e. The van der Waals surface area contributed by atoms with Gasteiger partial charge in [0.05, 0.1) is 5.56 Å². The largest absolute Gasteiger partial charge is 0.478 e. The molecular formula is C26H28N4O4. The molecule has 1 saturated heterocycles. The summed E-state index contributed by atoms with van der Waals surface area (Å²) in [6, 6.07) is 13.5. The second-order valence-corrected chi connectivity index (χ2v) is 9.87. The Labute approximate surface area is 197 Å². The van der Waals surface area contributed by atoms with Gasteiger partial charge < -0.3 is 20.6 Å². The molecule has 2 fully saturated rings. The number of rotatable bonds is 5. The van der Waals surface area contributed by atoms with E-state index in [1.54, 1.807) is 17.0 Å². The Kier molecular flexibility index (Phi) is 5.38. The summed E-state index contributed by atoms with van der Waals surface area (Å²) in [4.78, 5) is 41.8. The Morgan fingerprint density at radius 3 is 2.38 bits per heavy atom. The Bertz CT molecular complexity index is 1160. The van der Waals surface area contributed by atoms with Gasteiger partial charge in [-0.05, 0) is 48.1 Å². The molecule has 2 aromatic carbocycles. The van der Waals surface area contributed by atoms with E-state index < -0.39 is 12.0 Å². The molecule has 34 heavy (non-hydrogen) atoms. The molecule has 1 amide bonds. The van der Waals surface area contributed by atoms with Crippen LogP contribution in [0, 0.1) is 16.7 Å². The van der Waals surface area contributed by atoms with E-state index in [-0.39, 0.29) is 41.0 Å². The molecule has 0 aromatic heterocycles. The maximum atomic E-state index is 13.6. The summed E-state index contributed by atoms with van der Waals surface area (Å²) in [6.07, 6.45) is 2.39. The molecule has 1 spiro atoms. The van der Waals surface area contributed by atoms with Crippen molar-refractivity contribution in [2.24, 2.45) is 17.1 Å². The number of fused-ring (bicyclic) bond motifs is 1. The Morgan fingerprint density at radius 1 is 1.06 bits per heavy atom. The van der Waals surface area contributed by atoms with Gasteiger partial charge >= 0.3 is 5.97 Å². The lowest BCUT2D eigenvalue weighted by molar-refractivity contribution is -0.155. The lowest BCUT2D eigenvalue weighted by Crippen LogP contribution is -2.66. The minimum absolute atomic E-state index is 0.0287. The number of benzene rings is 2. The SMILES string of the molecule is N=C(N)N1CC2(CC(C(=O)N3CCc4ccccc4[C@H]3C(=O)Cc3ccc(C(=O)O)cc3)C2)C1. The molecule has 0 bridgehead atoms. The minimum atomic E-state index is -1.01. The molecule has 3 aliphatic rings. The molecule has 1 atom stereocenters. The van der Waals surface area contributed by atoms with Crippen molar-refractivity contribution in [1.29, 1.82) is 5.41 Å². The molecule has 2 aliphatic heterocycles. The molecule has 4 N–H and O–H groups in total. The molecule has 1 saturated carbocycles. The third-order valence-corrected chi connectivity index (χ3v) is 7.55. The number of aromatic carboxylic acids is 1. The molecule has 0 radical (unpaired) electrons. The monoisotopic (exact) mass is 460 g/mol. The van der Waals surface area contributed by atoms with E-state index in [9.17, 15) is 14.4 Å². The summed E-state index contributed by atoms with van der Waals surface area (Å²) in [7, 11) is 0. The number of carbonyl (C=O) groups excluding carboxylic acids is 2. The fourth-order valence-electron chi connectivity index (χ4n) is 5.80. The van der Waals surface area contributed by atoms with E-state index in [1.165, 1.54) is 12.1 Å². The van der Waals surface area contributed by atoms with E-state index in [2.05, 4.69) is 0 Å². The molecule has 0 unspecified atom stereocenters. The van der Waals surface area contributed by atoms with Crippen LogP contribution in [0.5, 0.6) is 0 Å². The first-order valence-electron chi connectivity index (χ1n) is 11.6. The predicted molar refractivity (Wildman–Crippen MR) is 125 cm³/mol. The number of Topliss-reactive ketones (excluding diaryl/α,β-unsaturated/α-hetero) is 1. The summed E-state index contributed by atoms with van der Waals surface area (Å²) in [6.45, 7) is 1.96. The van der Waals surface area contributed by atoms with E-state index in [0.717, 1.165) is 49.0 Å². The van der Waals surface area contributed by atoms with Gasteiger partial charge in [0.1, 0.15) is 6.04 Å². The van der Waals surface area contributed by atoms with Crippen molar-refractivity contribution < 1.29 is 19.5 Å². The number of nitrogens with one attached hydrogen (secondary N) is 1. The zero-order valence-corrected chi connectivity index (χ0v) is 18.9. The molecule has 176 valence electrons. The Balaban J connectivity index is 1.33. The van der Waals surface area contributed by atoms with Crippen molar-refractivity contribution in [3.8, 4) is 0 Å². The molecule has 5 rings (SSSR count). The zero-order valence-electron chi connectivity index (χ0n) is 18.9. The van der Waals surface area contributed by atoms with Crippen LogP contribution in [0.2, 0.25) is 0 Å². The van der Waals surface area contributed by atoms with E-state index >= 15 is 0 Å². The van der Waals surface area contributed by atoms with Crippen molar-refractivity contribution in [2.45, 2.75) is 31.7 Å². The van der Waals surface area contributed by atoms with Gasteiger partial charge in [-0.1, -0.05) is 36.4 Å². The topological polar surface area (TPSA) is 128 Å². The number of likely N-dealkylation sites (tertiary alicyclic amines) is 1. The third-order valence-electron chi connectivity index (χ3n) is 7.55. The zero-order chi connectivity index (χ0) is 24.0. The average Bonchev–Trinajstić information content (AvgIpc) is 2.76. The first-order chi connectivity index (χ1) is 16.3. The van der Waals surface area contributed by atoms with Gasteiger partial charge in [0, 0.05) is 37.4 Å². The van der Waals surface area contributed by atoms with Gasteiger partial charge in [0.2, 0.25) is 5.91 Å². The fourth-order valence-corrected chi connectivity index (χ4v) is 5.80. The number of carbonyl (C=O) groups is 3. The van der Waals surface area contributed by atoms with Gasteiger partial charge in [-0.2, -0.15) is 0 Å². The molecule has 8 nitrogen and oxygen atoms in total. The first-order valence-corrected chi connectivity index (χ1v) is 11.6. The fraction of sp³-hybridized carbons (Fsp3) is 0.385. The molecule has 2 heterocycles. The van der Waals surface area contributed by atoms with Crippen LogP contribution in [-0.4, -0.2) is 58.2 Å². The van der Waals surface area contributed by atoms with Gasteiger partial charge in [-0.25, -0.2) is 4.79 Å². The van der Waals surface area contributed by atoms with Gasteiger partial charge in [0.25, 0.3) is 0 Å². The number of guanidine groups is 1. The number of carboxylic acids is 1. The summed E-state index contributed by atoms with van der Waals surface area (Å²) in [5.41, 5.74) is 8.51. The summed E-state index contributed by atoms with van der Waals surface area (Å²) >= 11 is 0.